The Balaban J connectivity index is -0.0000000879. The number of hydrogen-bond donors (Lipinski definition) is 7. The van der Waals surface area contributed by atoms with E-state index in [0.29, 0.717) is 32.9 Å². The maximum atomic E-state index is 10.5. The van der Waals surface area contributed by atoms with Gasteiger partial charge in [0.25, 0.3) is 5.97 Å². The number of hydrogen-bond acceptors (Lipinski definition) is 13. The van der Waals surface area contributed by atoms with Gasteiger partial charge in [0.2, 0.25) is 11.8 Å². The van der Waals surface area contributed by atoms with Gasteiger partial charge in [-0.05, 0) is 80.5 Å². The number of carboxylic acid groups (broad SMARTS) is 1. The maximum absolute atomic E-state index is 10.5. The van der Waals surface area contributed by atoms with Crippen LogP contribution in [0.4, 0.5) is 0 Å². The van der Waals surface area contributed by atoms with Gasteiger partial charge in [-0.15, -0.1) is 0 Å². The molecular weight excluding hydrogens is 811 g/mol. The molecule has 8 N–H and O–H groups in total. The van der Waals surface area contributed by atoms with Gasteiger partial charge < -0.3 is 63.3 Å². The number of nitrogens with one attached hydrogen (secondary N) is 2. The average molecular weight is 890 g/mol. The first-order valence-electron chi connectivity index (χ1n) is 15.8. The Morgan fingerprint density at radius 1 is 0.528 bits per heavy atom. The quantitative estimate of drug-likeness (QED) is 0.0337. The zero-order valence-electron chi connectivity index (χ0n) is 29.8. The van der Waals surface area contributed by atoms with E-state index in [4.69, 9.17) is 29.2 Å². The number of carboxylic acids is 1. The molecule has 0 saturated heterocycles. The Morgan fingerprint density at radius 3 is 0.962 bits per heavy atom. The van der Waals surface area contributed by atoms with Crippen LogP contribution in [0.5, 0.6) is 0 Å². The fourth-order valence-corrected chi connectivity index (χ4v) is 5.05. The van der Waals surface area contributed by atoms with Gasteiger partial charge in [-0.3, -0.25) is 14.4 Å². The summed E-state index contributed by atoms with van der Waals surface area (Å²) >= 11 is 14.0. The van der Waals surface area contributed by atoms with Gasteiger partial charge in [0, 0.05) is 55.2 Å². The van der Waals surface area contributed by atoms with E-state index in [9.17, 15) is 24.3 Å². The molecule has 22 heteroatoms. The van der Waals surface area contributed by atoms with E-state index in [1.807, 2.05) is 0 Å². The van der Waals surface area contributed by atoms with Crippen LogP contribution in [-0.4, -0.2) is 98.4 Å². The first-order valence-corrected chi connectivity index (χ1v) is 23.6. The van der Waals surface area contributed by atoms with Crippen LogP contribution in [0.15, 0.2) is 0 Å². The van der Waals surface area contributed by atoms with E-state index in [-0.39, 0.29) is 41.5 Å². The molecule has 0 aromatic heterocycles. The first-order chi connectivity index (χ1) is 22.8. The predicted octanol–water partition coefficient (Wildman–Crippen LogP) is 7.15. The Kier molecular flexibility index (Phi) is 64.2. The Morgan fingerprint density at radius 2 is 0.755 bits per heavy atom. The molecule has 0 bridgehead atoms. The lowest BCUT2D eigenvalue weighted by atomic mass is 10.2. The zero-order chi connectivity index (χ0) is 38.6. The molecule has 0 radical (unpaired) electrons. The molecule has 0 aromatic carbocycles. The topological polar surface area (TPSA) is 238 Å². The number of unbranched alkanes of at least 4 members (excludes halogenated alkanes) is 9. The fraction of sp³-hybridized carbons (Fsp3) is 0.903. The highest BCUT2D eigenvalue weighted by Gasteiger charge is 2.12. The first kappa shape index (κ1) is 70.7. The van der Waals surface area contributed by atoms with Crippen molar-refractivity contribution in [1.82, 2.24) is 10.6 Å². The van der Waals surface area contributed by atoms with Crippen LogP contribution in [0.25, 0.3) is 0 Å². The molecule has 0 fully saturated rings. The van der Waals surface area contributed by atoms with E-state index in [1.165, 1.54) is 35.2 Å². The van der Waals surface area contributed by atoms with Gasteiger partial charge in [-0.25, -0.2) is 0 Å². The molecule has 0 aliphatic rings. The summed E-state index contributed by atoms with van der Waals surface area (Å²) in [6.07, 6.45) is 11.7. The second-order valence-corrected chi connectivity index (χ2v) is 18.8. The standard InChI is InChI=1S/2C9H20NO4PS.C7H18NO3PS.C2H4O2.4CH4/c2*1-9(11)10-7-5-3-4-6-8-14-15(12,16)13-2;1-10-12(9,13)11-7-5-3-2-4-6-8;1-2(3)4;;;;/h2*3-8H2,1-2H3,(H,10,11)(H,12,16);2-8H2,1H3,(H,9,13);1H3,(H,3,4);4*1H4. The Hall–Kier alpha value is -0.0400. The summed E-state index contributed by atoms with van der Waals surface area (Å²) in [4.78, 5) is 57.8. The van der Waals surface area contributed by atoms with Gasteiger partial charge in [0.1, 0.15) is 0 Å². The lowest BCUT2D eigenvalue weighted by Gasteiger charge is -2.12. The molecule has 53 heavy (non-hydrogen) atoms. The monoisotopic (exact) mass is 889 g/mol. The molecule has 0 rings (SSSR count). The number of carbonyl (C=O) groups is 3. The average Bonchev–Trinajstić information content (AvgIpc) is 3.01. The smallest absolute Gasteiger partial charge is 0.324 e. The van der Waals surface area contributed by atoms with E-state index < -0.39 is 26.1 Å². The van der Waals surface area contributed by atoms with E-state index >= 15 is 0 Å². The van der Waals surface area contributed by atoms with Crippen LogP contribution in [0.3, 0.4) is 0 Å². The number of carbonyl (C=O) groups excluding carboxylic acids is 2. The molecular formula is C31H78N3O13P3S3. The molecule has 2 amide bonds. The van der Waals surface area contributed by atoms with Crippen LogP contribution >= 0.6 is 20.2 Å². The van der Waals surface area contributed by atoms with Crippen LogP contribution < -0.4 is 16.4 Å². The van der Waals surface area contributed by atoms with E-state index in [1.54, 1.807) is 0 Å². The summed E-state index contributed by atoms with van der Waals surface area (Å²) < 4.78 is 28.9. The van der Waals surface area contributed by atoms with Crippen molar-refractivity contribution in [2.45, 2.75) is 128 Å². The molecule has 3 unspecified atom stereocenters. The number of rotatable bonds is 26. The van der Waals surface area contributed by atoms with Gasteiger partial charge in [-0.2, -0.15) is 0 Å². The van der Waals surface area contributed by atoms with Crippen molar-refractivity contribution in [1.29, 1.82) is 0 Å². The number of amides is 2. The van der Waals surface area contributed by atoms with E-state index in [2.05, 4.69) is 59.6 Å². The summed E-state index contributed by atoms with van der Waals surface area (Å²) in [5.74, 6) is -0.825. The number of aliphatic carboxylic acids is 1. The van der Waals surface area contributed by atoms with Crippen molar-refractivity contribution >= 4 is 73.4 Å². The SMILES string of the molecule is C.C.C.C.CC(=O)O.COP(O)(=S)OCCCCCCN.COP(O)(=S)OCCCCCCNC(C)=O.COP(O)(=S)OCCCCCCNC(C)=O. The highest BCUT2D eigenvalue weighted by atomic mass is 32.5. The van der Waals surface area contributed by atoms with Gasteiger partial charge in [0.05, 0.1) is 19.8 Å². The summed E-state index contributed by atoms with van der Waals surface area (Å²) in [5, 5.41) is 12.9. The molecule has 16 nitrogen and oxygen atoms in total. The molecule has 0 saturated carbocycles. The Labute approximate surface area is 338 Å². The van der Waals surface area contributed by atoms with Crippen molar-refractivity contribution < 1.29 is 61.3 Å². The molecule has 0 spiro atoms. The highest BCUT2D eigenvalue weighted by molar-refractivity contribution is 8.07. The minimum Gasteiger partial charge on any atom is -0.481 e. The maximum Gasteiger partial charge on any atom is 0.324 e. The third-order valence-corrected chi connectivity index (χ3v) is 10.6. The summed E-state index contributed by atoms with van der Waals surface area (Å²) in [5.41, 5.74) is 5.33. The van der Waals surface area contributed by atoms with Crippen molar-refractivity contribution in [3.8, 4) is 0 Å². The summed E-state index contributed by atoms with van der Waals surface area (Å²) in [6.45, 7) is -1.30. The van der Waals surface area contributed by atoms with Crippen LogP contribution in [0.2, 0.25) is 0 Å². The molecule has 0 aliphatic heterocycles. The lowest BCUT2D eigenvalue weighted by molar-refractivity contribution is -0.134. The van der Waals surface area contributed by atoms with Crippen molar-refractivity contribution in [3.63, 3.8) is 0 Å². The predicted molar refractivity (Wildman–Crippen MR) is 230 cm³/mol. The normalized spacial score (nSPS) is 13.0. The van der Waals surface area contributed by atoms with Crippen LogP contribution in [0, 0.1) is 0 Å². The lowest BCUT2D eigenvalue weighted by Crippen LogP contribution is -2.20. The molecule has 328 valence electrons. The third-order valence-electron chi connectivity index (χ3n) is 5.44. The molecule has 0 aliphatic carbocycles. The minimum atomic E-state index is -2.97. The molecule has 0 aromatic rings. The van der Waals surface area contributed by atoms with Crippen molar-refractivity contribution in [2.24, 2.45) is 5.73 Å². The highest BCUT2D eigenvalue weighted by Crippen LogP contribution is 2.43. The Bertz CT molecular complexity index is 923. The van der Waals surface area contributed by atoms with Gasteiger partial charge in [0.15, 0.2) is 0 Å². The summed E-state index contributed by atoms with van der Waals surface area (Å²) in [7, 11) is 4.04. The summed E-state index contributed by atoms with van der Waals surface area (Å²) in [6, 6.07) is 0. The largest absolute Gasteiger partial charge is 0.481 e. The van der Waals surface area contributed by atoms with Crippen LogP contribution in [-0.2, 0) is 76.9 Å². The second-order valence-electron chi connectivity index (χ2n) is 9.97. The van der Waals surface area contributed by atoms with Gasteiger partial charge >= 0.3 is 20.2 Å². The van der Waals surface area contributed by atoms with Crippen molar-refractivity contribution in [3.05, 3.63) is 0 Å². The second kappa shape index (κ2) is 48.1. The fourth-order valence-electron chi connectivity index (χ4n) is 2.99. The molecule has 0 heterocycles. The van der Waals surface area contributed by atoms with Crippen LogP contribution in [0.1, 0.15) is 128 Å². The zero-order valence-corrected chi connectivity index (χ0v) is 35.0. The van der Waals surface area contributed by atoms with E-state index in [0.717, 1.165) is 90.5 Å². The third kappa shape index (κ3) is 73.7. The number of nitrogens with two attached hydrogens (primary N) is 1. The molecule has 3 atom stereocenters. The van der Waals surface area contributed by atoms with Gasteiger partial charge in [-0.1, -0.05) is 68.2 Å². The minimum absolute atomic E-state index is 0. The van der Waals surface area contributed by atoms with Crippen molar-refractivity contribution in [2.75, 3.05) is 60.8 Å².